The number of hydrogen-bond donors (Lipinski definition) is 1. The number of ether oxygens (including phenoxy) is 1. The summed E-state index contributed by atoms with van der Waals surface area (Å²) in [5.41, 5.74) is 0. The molecule has 1 aliphatic heterocycles. The number of carbonyl (C=O) groups is 1. The van der Waals surface area contributed by atoms with Gasteiger partial charge in [0.15, 0.2) is 0 Å². The summed E-state index contributed by atoms with van der Waals surface area (Å²) in [5, 5.41) is 3.26. The van der Waals surface area contributed by atoms with Gasteiger partial charge in [0.05, 0.1) is 18.7 Å². The average molecular weight is 214 g/mol. The van der Waals surface area contributed by atoms with E-state index in [1.807, 2.05) is 14.0 Å². The standard InChI is InChI=1S/C11H22N2O2/c1-9(8-15-3)13(2)11(14)10-6-4-5-7-12-10/h9-10,12H,4-8H2,1-3H3/t9?,10-/m0/s1. The highest BCUT2D eigenvalue weighted by Crippen LogP contribution is 2.10. The first-order valence-corrected chi connectivity index (χ1v) is 5.65. The van der Waals surface area contributed by atoms with Gasteiger partial charge < -0.3 is 15.0 Å². The molecule has 4 nitrogen and oxygen atoms in total. The van der Waals surface area contributed by atoms with Crippen LogP contribution < -0.4 is 5.32 Å². The summed E-state index contributed by atoms with van der Waals surface area (Å²) in [6, 6.07) is 0.161. The van der Waals surface area contributed by atoms with Gasteiger partial charge in [0.25, 0.3) is 0 Å². The Balaban J connectivity index is 2.43. The normalized spacial score (nSPS) is 23.5. The fraction of sp³-hybridized carbons (Fsp3) is 0.909. The smallest absolute Gasteiger partial charge is 0.239 e. The molecule has 0 aromatic carbocycles. The van der Waals surface area contributed by atoms with E-state index in [2.05, 4.69) is 5.32 Å². The molecule has 88 valence electrons. The van der Waals surface area contributed by atoms with Gasteiger partial charge in [-0.3, -0.25) is 4.79 Å². The lowest BCUT2D eigenvalue weighted by molar-refractivity contribution is -0.135. The third-order valence-corrected chi connectivity index (χ3v) is 3.03. The summed E-state index contributed by atoms with van der Waals surface area (Å²) >= 11 is 0. The lowest BCUT2D eigenvalue weighted by Crippen LogP contribution is -2.50. The van der Waals surface area contributed by atoms with Crippen molar-refractivity contribution in [1.29, 1.82) is 0 Å². The van der Waals surface area contributed by atoms with Gasteiger partial charge in [-0.2, -0.15) is 0 Å². The van der Waals surface area contributed by atoms with Crippen molar-refractivity contribution < 1.29 is 9.53 Å². The lowest BCUT2D eigenvalue weighted by Gasteiger charge is -2.31. The maximum absolute atomic E-state index is 12.0. The van der Waals surface area contributed by atoms with E-state index < -0.39 is 0 Å². The molecule has 1 saturated heterocycles. The number of amides is 1. The minimum Gasteiger partial charge on any atom is -0.383 e. The number of methoxy groups -OCH3 is 1. The first-order chi connectivity index (χ1) is 7.16. The molecule has 2 atom stereocenters. The number of rotatable bonds is 4. The summed E-state index contributed by atoms with van der Waals surface area (Å²) in [6.07, 6.45) is 3.29. The van der Waals surface area contributed by atoms with Crippen LogP contribution in [0.3, 0.4) is 0 Å². The predicted octanol–water partition coefficient (Wildman–Crippen LogP) is 0.622. The monoisotopic (exact) mass is 214 g/mol. The van der Waals surface area contributed by atoms with Crippen LogP contribution in [0.15, 0.2) is 0 Å². The minimum absolute atomic E-state index is 0.0167. The largest absolute Gasteiger partial charge is 0.383 e. The molecular formula is C11H22N2O2. The topological polar surface area (TPSA) is 41.6 Å². The van der Waals surface area contributed by atoms with Crippen LogP contribution in [-0.4, -0.2) is 50.2 Å². The van der Waals surface area contributed by atoms with E-state index in [-0.39, 0.29) is 18.0 Å². The Bertz CT molecular complexity index is 203. The van der Waals surface area contributed by atoms with Crippen LogP contribution >= 0.6 is 0 Å². The molecular weight excluding hydrogens is 192 g/mol. The number of likely N-dealkylation sites (N-methyl/N-ethyl adjacent to an activating group) is 1. The van der Waals surface area contributed by atoms with Crippen molar-refractivity contribution in [2.24, 2.45) is 0 Å². The van der Waals surface area contributed by atoms with Gasteiger partial charge >= 0.3 is 0 Å². The molecule has 0 aliphatic carbocycles. The number of nitrogens with zero attached hydrogens (tertiary/aromatic N) is 1. The van der Waals surface area contributed by atoms with Gasteiger partial charge in [0, 0.05) is 14.2 Å². The Kier molecular flexibility index (Phi) is 5.05. The van der Waals surface area contributed by atoms with E-state index in [1.165, 1.54) is 6.42 Å². The van der Waals surface area contributed by atoms with Crippen LogP contribution in [0.5, 0.6) is 0 Å². The third-order valence-electron chi connectivity index (χ3n) is 3.03. The zero-order valence-corrected chi connectivity index (χ0v) is 9.95. The average Bonchev–Trinajstić information content (AvgIpc) is 2.28. The van der Waals surface area contributed by atoms with Gasteiger partial charge in [-0.1, -0.05) is 6.42 Å². The second-order valence-corrected chi connectivity index (χ2v) is 4.26. The zero-order valence-electron chi connectivity index (χ0n) is 9.95. The highest BCUT2D eigenvalue weighted by molar-refractivity contribution is 5.82. The molecule has 1 unspecified atom stereocenters. The summed E-state index contributed by atoms with van der Waals surface area (Å²) < 4.78 is 5.05. The fourth-order valence-corrected chi connectivity index (χ4v) is 1.88. The first kappa shape index (κ1) is 12.5. The van der Waals surface area contributed by atoms with Crippen molar-refractivity contribution in [3.05, 3.63) is 0 Å². The fourth-order valence-electron chi connectivity index (χ4n) is 1.88. The molecule has 1 fully saturated rings. The molecule has 0 spiro atoms. The van der Waals surface area contributed by atoms with Crippen LogP contribution in [0.2, 0.25) is 0 Å². The van der Waals surface area contributed by atoms with Crippen LogP contribution in [0.1, 0.15) is 26.2 Å². The van der Waals surface area contributed by atoms with Crippen molar-refractivity contribution >= 4 is 5.91 Å². The molecule has 1 amide bonds. The van der Waals surface area contributed by atoms with Gasteiger partial charge in [0.2, 0.25) is 5.91 Å². The Morgan fingerprint density at radius 2 is 2.33 bits per heavy atom. The molecule has 1 heterocycles. The van der Waals surface area contributed by atoms with Gasteiger partial charge in [-0.05, 0) is 26.3 Å². The third kappa shape index (κ3) is 3.47. The molecule has 0 radical (unpaired) electrons. The first-order valence-electron chi connectivity index (χ1n) is 5.65. The highest BCUT2D eigenvalue weighted by Gasteiger charge is 2.25. The molecule has 1 aliphatic rings. The van der Waals surface area contributed by atoms with Gasteiger partial charge in [-0.25, -0.2) is 0 Å². The second-order valence-electron chi connectivity index (χ2n) is 4.26. The van der Waals surface area contributed by atoms with E-state index in [9.17, 15) is 4.79 Å². The van der Waals surface area contributed by atoms with Crippen molar-refractivity contribution in [3.63, 3.8) is 0 Å². The van der Waals surface area contributed by atoms with Crippen molar-refractivity contribution in [2.45, 2.75) is 38.3 Å². The SMILES string of the molecule is COCC(C)N(C)C(=O)[C@@H]1CCCCN1. The molecule has 4 heteroatoms. The van der Waals surface area contributed by atoms with Crippen LogP contribution in [0.4, 0.5) is 0 Å². The van der Waals surface area contributed by atoms with Crippen LogP contribution in [-0.2, 0) is 9.53 Å². The molecule has 1 N–H and O–H groups in total. The predicted molar refractivity (Wildman–Crippen MR) is 59.7 cm³/mol. The maximum Gasteiger partial charge on any atom is 0.239 e. The molecule has 0 aromatic rings. The van der Waals surface area contributed by atoms with E-state index in [4.69, 9.17) is 4.74 Å². The van der Waals surface area contributed by atoms with E-state index in [1.54, 1.807) is 12.0 Å². The van der Waals surface area contributed by atoms with E-state index >= 15 is 0 Å². The highest BCUT2D eigenvalue weighted by atomic mass is 16.5. The lowest BCUT2D eigenvalue weighted by atomic mass is 10.0. The Labute approximate surface area is 92.0 Å². The van der Waals surface area contributed by atoms with E-state index in [0.717, 1.165) is 19.4 Å². The van der Waals surface area contributed by atoms with Crippen molar-refractivity contribution in [3.8, 4) is 0 Å². The molecule has 0 bridgehead atoms. The van der Waals surface area contributed by atoms with Crippen LogP contribution in [0.25, 0.3) is 0 Å². The quantitative estimate of drug-likeness (QED) is 0.746. The number of hydrogen-bond acceptors (Lipinski definition) is 3. The van der Waals surface area contributed by atoms with Gasteiger partial charge in [0.1, 0.15) is 0 Å². The summed E-state index contributed by atoms with van der Waals surface area (Å²) in [7, 11) is 3.51. The summed E-state index contributed by atoms with van der Waals surface area (Å²) in [5.74, 6) is 0.194. The van der Waals surface area contributed by atoms with Crippen molar-refractivity contribution in [1.82, 2.24) is 10.2 Å². The molecule has 15 heavy (non-hydrogen) atoms. The zero-order chi connectivity index (χ0) is 11.3. The molecule has 0 saturated carbocycles. The number of piperidine rings is 1. The molecule has 0 aromatic heterocycles. The summed E-state index contributed by atoms with van der Waals surface area (Å²) in [6.45, 7) is 3.56. The number of carbonyl (C=O) groups excluding carboxylic acids is 1. The Hall–Kier alpha value is -0.610. The van der Waals surface area contributed by atoms with Gasteiger partial charge in [-0.15, -0.1) is 0 Å². The van der Waals surface area contributed by atoms with Crippen LogP contribution in [0, 0.1) is 0 Å². The maximum atomic E-state index is 12.0. The van der Waals surface area contributed by atoms with Crippen molar-refractivity contribution in [2.75, 3.05) is 27.3 Å². The summed E-state index contributed by atoms with van der Waals surface area (Å²) in [4.78, 5) is 13.8. The van der Waals surface area contributed by atoms with E-state index in [0.29, 0.717) is 6.61 Å². The Morgan fingerprint density at radius 3 is 2.87 bits per heavy atom. The molecule has 1 rings (SSSR count). The minimum atomic E-state index is 0.0167. The number of nitrogens with one attached hydrogen (secondary N) is 1. The Morgan fingerprint density at radius 1 is 1.60 bits per heavy atom. The second kappa shape index (κ2) is 6.08.